The van der Waals surface area contributed by atoms with Crippen LogP contribution in [0.1, 0.15) is 185 Å². The summed E-state index contributed by atoms with van der Waals surface area (Å²) in [7, 11) is -0.0463. The molecule has 416 valence electrons. The zero-order valence-corrected chi connectivity index (χ0v) is 52.7. The van der Waals surface area contributed by atoms with E-state index in [0.29, 0.717) is 42.3 Å². The first-order valence-electron chi connectivity index (χ1n) is 28.4. The summed E-state index contributed by atoms with van der Waals surface area (Å²) < 4.78 is 20.3. The Bertz CT molecular complexity index is 3250. The molecule has 9 aromatic rings. The Balaban J connectivity index is 0.000000124. The number of rotatable bonds is 6. The Morgan fingerprint density at radius 3 is 1.59 bits per heavy atom. The molecule has 0 bridgehead atoms. The van der Waals surface area contributed by atoms with E-state index >= 15 is 0 Å². The summed E-state index contributed by atoms with van der Waals surface area (Å²) in [6.45, 7) is 39.3. The van der Waals surface area contributed by atoms with Crippen molar-refractivity contribution in [2.45, 2.75) is 203 Å². The average Bonchev–Trinajstić information content (AvgIpc) is 4.25. The molecule has 0 N–H and O–H groups in total. The molecule has 0 radical (unpaired) electrons. The van der Waals surface area contributed by atoms with Crippen LogP contribution in [-0.4, -0.2) is 60.1 Å². The largest absolute Gasteiger partial charge is 0.460 e. The summed E-state index contributed by atoms with van der Waals surface area (Å²) in [4.78, 5) is 22.7. The molecule has 1 fully saturated rings. The number of hydrogen-bond acceptors (Lipinski definition) is 10. The first kappa shape index (κ1) is 59.7. The van der Waals surface area contributed by atoms with Gasteiger partial charge in [0, 0.05) is 123 Å². The van der Waals surface area contributed by atoms with E-state index in [1.165, 1.54) is 58.7 Å². The molecule has 4 aliphatic rings. The molecule has 13 rings (SSSR count). The molecule has 2 aromatic carbocycles. The number of carbonyl (C=O) groups is 1. The van der Waals surface area contributed by atoms with Gasteiger partial charge in [0.05, 0.1) is 21.6 Å². The molecule has 10 heterocycles. The first-order valence-corrected chi connectivity index (χ1v) is 31.9. The number of pyridine rings is 1. The zero-order chi connectivity index (χ0) is 56.2. The molecule has 0 spiro atoms. The fourth-order valence-electron chi connectivity index (χ4n) is 9.82. The molecule has 7 aromatic heterocycles. The van der Waals surface area contributed by atoms with Crippen LogP contribution in [0.15, 0.2) is 107 Å². The van der Waals surface area contributed by atoms with Crippen molar-refractivity contribution in [2.75, 3.05) is 0 Å². The number of aromatic nitrogens is 3. The van der Waals surface area contributed by atoms with Crippen molar-refractivity contribution in [3.63, 3.8) is 0 Å². The Morgan fingerprint density at radius 1 is 0.513 bits per heavy atom. The summed E-state index contributed by atoms with van der Waals surface area (Å²) in [5.74, 6) is 1.12. The fourth-order valence-corrected chi connectivity index (χ4v) is 13.2. The van der Waals surface area contributed by atoms with Crippen LogP contribution in [0, 0.1) is 0 Å². The van der Waals surface area contributed by atoms with Gasteiger partial charge in [-0.3, -0.25) is 19.6 Å². The van der Waals surface area contributed by atoms with Crippen LogP contribution < -0.4 is 0 Å². The molecule has 0 unspecified atom stereocenters. The highest BCUT2D eigenvalue weighted by molar-refractivity contribution is 7.17. The molecule has 1 aliphatic carbocycles. The summed E-state index contributed by atoms with van der Waals surface area (Å²) in [6.07, 6.45) is 11.5. The van der Waals surface area contributed by atoms with Gasteiger partial charge in [0.15, 0.2) is 5.78 Å². The fraction of sp³-hybridized carbons (Fsp3) is 0.477. The standard InChI is InChI=1S/C13H15NS.C13H13NS.C12H15NO.C9H19BO2.C9H13NS.C9H11NS/c2*1-9(2)14-7-11-5-10-3-4-15-13(10)6-12(11)8-14;1-8(2)10-7-6-9-11(13-10)4-3-5-12(9)14;1-7(2)10-11-8(3,4)9(5,6)12-10;2*1-7(2)10-5-8-3-4-11-9(8)6-10/h3-6,9H,7-8H2,1-2H3;3-9H,1-2H3;6-8H,3-5H2,1-2H3;7H,1-6H3;3-4,7H,5-6H2,1-2H3;3-7H,1-2H3. The van der Waals surface area contributed by atoms with Crippen LogP contribution in [0.3, 0.4) is 0 Å². The van der Waals surface area contributed by atoms with E-state index in [-0.39, 0.29) is 24.1 Å². The van der Waals surface area contributed by atoms with Gasteiger partial charge < -0.3 is 18.4 Å². The minimum Gasteiger partial charge on any atom is -0.403 e. The number of fused-ring (bicyclic) bond motifs is 7. The second kappa shape index (κ2) is 25.6. The predicted octanol–water partition coefficient (Wildman–Crippen LogP) is 19.0. The third-order valence-corrected chi connectivity index (χ3v) is 19.3. The third kappa shape index (κ3) is 14.4. The van der Waals surface area contributed by atoms with Crippen LogP contribution in [0.25, 0.3) is 41.0 Å². The van der Waals surface area contributed by atoms with E-state index in [4.69, 9.17) is 9.31 Å². The highest BCUT2D eigenvalue weighted by Gasteiger charge is 2.51. The maximum Gasteiger partial charge on any atom is 0.460 e. The second-order valence-corrected chi connectivity index (χ2v) is 28.1. The highest BCUT2D eigenvalue weighted by Crippen LogP contribution is 2.40. The van der Waals surface area contributed by atoms with E-state index in [0.717, 1.165) is 49.4 Å². The zero-order valence-electron chi connectivity index (χ0n) is 49.5. The summed E-state index contributed by atoms with van der Waals surface area (Å²) in [5, 5.41) is 15.5. The van der Waals surface area contributed by atoms with Crippen LogP contribution in [0.4, 0.5) is 0 Å². The number of hydrogen-bond donors (Lipinski definition) is 0. The number of Topliss-reactive ketones (excluding diaryl/α,β-unsaturated/α-hetero) is 1. The van der Waals surface area contributed by atoms with E-state index < -0.39 is 0 Å². The lowest BCUT2D eigenvalue weighted by Gasteiger charge is -2.32. The van der Waals surface area contributed by atoms with Crippen molar-refractivity contribution < 1.29 is 14.1 Å². The van der Waals surface area contributed by atoms with E-state index in [1.807, 2.05) is 46.1 Å². The van der Waals surface area contributed by atoms with E-state index in [2.05, 4.69) is 230 Å². The lowest BCUT2D eigenvalue weighted by Crippen LogP contribution is -2.41. The number of benzene rings is 2. The summed E-state index contributed by atoms with van der Waals surface area (Å²) >= 11 is 7.35. The van der Waals surface area contributed by atoms with Gasteiger partial charge in [0.1, 0.15) is 0 Å². The normalized spacial score (nSPS) is 16.5. The van der Waals surface area contributed by atoms with Gasteiger partial charge in [-0.25, -0.2) is 0 Å². The second-order valence-electron chi connectivity index (χ2n) is 24.3. The number of ketones is 1. The number of carbonyl (C=O) groups excluding carboxylic acids is 1. The lowest BCUT2D eigenvalue weighted by molar-refractivity contribution is 0.00578. The quantitative estimate of drug-likeness (QED) is 0.155. The molecule has 78 heavy (non-hydrogen) atoms. The molecule has 13 heteroatoms. The van der Waals surface area contributed by atoms with Crippen molar-refractivity contribution in [3.8, 4) is 0 Å². The Labute approximate surface area is 482 Å². The number of nitrogens with zero attached hydrogens (tertiary/aromatic N) is 5. The summed E-state index contributed by atoms with van der Waals surface area (Å²) in [6, 6.07) is 24.5. The van der Waals surface area contributed by atoms with Gasteiger partial charge in [0.2, 0.25) is 0 Å². The molecule has 0 amide bonds. The Kier molecular flexibility index (Phi) is 19.6. The molecular formula is C65H86BN5O3S4. The topological polar surface area (TPSA) is 64.8 Å². The molecule has 0 saturated carbocycles. The summed E-state index contributed by atoms with van der Waals surface area (Å²) in [5.41, 5.74) is 7.19. The number of thiophene rings is 4. The van der Waals surface area contributed by atoms with Gasteiger partial charge in [0.25, 0.3) is 0 Å². The predicted molar refractivity (Wildman–Crippen MR) is 340 cm³/mol. The van der Waals surface area contributed by atoms with Crippen molar-refractivity contribution in [3.05, 3.63) is 145 Å². The molecule has 1 saturated heterocycles. The lowest BCUT2D eigenvalue weighted by atomic mass is 9.75. The average molecular weight is 1120 g/mol. The molecular weight excluding hydrogens is 1040 g/mol. The Morgan fingerprint density at radius 2 is 1.03 bits per heavy atom. The van der Waals surface area contributed by atoms with Crippen LogP contribution in [0.5, 0.6) is 0 Å². The maximum atomic E-state index is 11.5. The smallest absolute Gasteiger partial charge is 0.403 e. The van der Waals surface area contributed by atoms with Gasteiger partial charge in [-0.15, -0.1) is 45.3 Å². The van der Waals surface area contributed by atoms with Crippen molar-refractivity contribution in [1.29, 1.82) is 0 Å². The molecule has 0 atom stereocenters. The van der Waals surface area contributed by atoms with Gasteiger partial charge in [-0.1, -0.05) is 27.7 Å². The highest BCUT2D eigenvalue weighted by atomic mass is 32.1. The monoisotopic (exact) mass is 1120 g/mol. The van der Waals surface area contributed by atoms with Gasteiger partial charge in [-0.2, -0.15) is 0 Å². The third-order valence-electron chi connectivity index (χ3n) is 15.8. The minimum absolute atomic E-state index is 0.0463. The van der Waals surface area contributed by atoms with Crippen LogP contribution >= 0.6 is 45.3 Å². The maximum absolute atomic E-state index is 11.5. The minimum atomic E-state index is -0.179. The van der Waals surface area contributed by atoms with Gasteiger partial charge in [-0.05, 0) is 217 Å². The van der Waals surface area contributed by atoms with Crippen LogP contribution in [0.2, 0.25) is 5.82 Å². The van der Waals surface area contributed by atoms with Crippen molar-refractivity contribution >= 4 is 99.3 Å². The van der Waals surface area contributed by atoms with Gasteiger partial charge >= 0.3 is 7.12 Å². The van der Waals surface area contributed by atoms with E-state index in [1.54, 1.807) is 21.8 Å². The van der Waals surface area contributed by atoms with E-state index in [9.17, 15) is 4.79 Å². The Hall–Kier alpha value is -4.44. The molecule has 3 aliphatic heterocycles. The van der Waals surface area contributed by atoms with Crippen molar-refractivity contribution in [2.24, 2.45) is 0 Å². The van der Waals surface area contributed by atoms with Crippen LogP contribution in [-0.2, 0) is 41.9 Å². The number of aryl methyl sites for hydroxylation is 1. The molecule has 8 nitrogen and oxygen atoms in total. The van der Waals surface area contributed by atoms with Crippen molar-refractivity contribution in [1.82, 2.24) is 23.9 Å². The SMILES string of the molecule is CC(C)B1OC(C)(C)C(C)(C)O1.CC(C)N1Cc2cc3ccsc3cc2C1.CC(C)N1Cc2ccsc2C1.CC(C)c1ccc2c(n1)CCCC2=O.CC(C)n1cc2cc3ccsc3cc2c1.CC(C)n1cc2ccsc2c1. The first-order chi connectivity index (χ1) is 37.0.